The van der Waals surface area contributed by atoms with Gasteiger partial charge in [-0.25, -0.2) is 0 Å². The molecule has 0 N–H and O–H groups in total. The van der Waals surface area contributed by atoms with Crippen molar-refractivity contribution in [3.63, 3.8) is 0 Å². The van der Waals surface area contributed by atoms with Gasteiger partial charge in [-0.05, 0) is 12.8 Å². The molecule has 0 fully saturated rings. The molecule has 0 saturated heterocycles. The first-order valence-corrected chi connectivity index (χ1v) is 6.27. The van der Waals surface area contributed by atoms with E-state index in [-0.39, 0.29) is 0 Å². The van der Waals surface area contributed by atoms with Crippen LogP contribution in [0.2, 0.25) is 0 Å². The fourth-order valence-corrected chi connectivity index (χ4v) is 2.26. The summed E-state index contributed by atoms with van der Waals surface area (Å²) < 4.78 is 5.90. The second-order valence-electron chi connectivity index (χ2n) is 3.70. The zero-order chi connectivity index (χ0) is 11.9. The molecule has 0 heterocycles. The molecular weight excluding hydrogens is 224 g/mol. The Hall–Kier alpha value is 0.140. The molecule has 0 saturated carbocycles. The minimum atomic E-state index is -0.611. The Morgan fingerprint density at radius 3 is 1.53 bits per heavy atom. The van der Waals surface area contributed by atoms with Crippen LogP contribution in [0.3, 0.4) is 0 Å². The molecule has 88 valence electrons. The van der Waals surface area contributed by atoms with E-state index >= 15 is 0 Å². The molecule has 0 spiro atoms. The smallest absolute Gasteiger partial charge is 0.131 e. The fourth-order valence-electron chi connectivity index (χ4n) is 1.41. The van der Waals surface area contributed by atoms with Crippen LogP contribution in [0.25, 0.3) is 0 Å². The predicted molar refractivity (Wildman–Crippen MR) is 74.7 cm³/mol. The van der Waals surface area contributed by atoms with E-state index < -0.39 is 9.87 Å². The maximum absolute atomic E-state index is 5.90. The van der Waals surface area contributed by atoms with Gasteiger partial charge in [-0.1, -0.05) is 52.0 Å². The molecule has 1 nitrogen and oxygen atoms in total. The molecule has 2 atom stereocenters. The van der Waals surface area contributed by atoms with Crippen LogP contribution in [-0.4, -0.2) is 9.87 Å². The van der Waals surface area contributed by atoms with Gasteiger partial charge in [0.15, 0.2) is 0 Å². The van der Waals surface area contributed by atoms with Crippen molar-refractivity contribution in [3.05, 3.63) is 25.3 Å². The summed E-state index contributed by atoms with van der Waals surface area (Å²) in [6, 6.07) is 0. The number of thiol groups is 2. The largest absolute Gasteiger partial charge is 0.340 e. The molecule has 0 bridgehead atoms. The average molecular weight is 246 g/mol. The van der Waals surface area contributed by atoms with Crippen LogP contribution in [-0.2, 0) is 4.74 Å². The van der Waals surface area contributed by atoms with Crippen molar-refractivity contribution in [1.82, 2.24) is 0 Å². The SMILES string of the molecule is C=CC(S)(CCC)OC(S)(C=C)CCC. The van der Waals surface area contributed by atoms with Crippen molar-refractivity contribution < 1.29 is 4.74 Å². The monoisotopic (exact) mass is 246 g/mol. The van der Waals surface area contributed by atoms with Crippen LogP contribution in [0.15, 0.2) is 25.3 Å². The van der Waals surface area contributed by atoms with Gasteiger partial charge in [-0.3, -0.25) is 0 Å². The van der Waals surface area contributed by atoms with Gasteiger partial charge in [0, 0.05) is 0 Å². The van der Waals surface area contributed by atoms with E-state index in [9.17, 15) is 0 Å². The van der Waals surface area contributed by atoms with Crippen molar-refractivity contribution in [2.45, 2.75) is 49.4 Å². The lowest BCUT2D eigenvalue weighted by Crippen LogP contribution is -2.35. The van der Waals surface area contributed by atoms with Crippen LogP contribution in [0.1, 0.15) is 39.5 Å². The summed E-state index contributed by atoms with van der Waals surface area (Å²) in [4.78, 5) is -1.22. The van der Waals surface area contributed by atoms with Gasteiger partial charge in [0.25, 0.3) is 0 Å². The molecule has 2 unspecified atom stereocenters. The van der Waals surface area contributed by atoms with Crippen molar-refractivity contribution >= 4 is 25.3 Å². The Morgan fingerprint density at radius 2 is 1.33 bits per heavy atom. The highest BCUT2D eigenvalue weighted by Crippen LogP contribution is 2.35. The molecule has 0 aromatic heterocycles. The average Bonchev–Trinajstić information content (AvgIpc) is 2.18. The lowest BCUT2D eigenvalue weighted by atomic mass is 10.1. The summed E-state index contributed by atoms with van der Waals surface area (Å²) >= 11 is 9.00. The van der Waals surface area contributed by atoms with Crippen LogP contribution < -0.4 is 0 Å². The van der Waals surface area contributed by atoms with E-state index in [0.717, 1.165) is 25.7 Å². The minimum absolute atomic E-state index is 0.611. The molecule has 0 aromatic carbocycles. The molecule has 0 aromatic rings. The van der Waals surface area contributed by atoms with Crippen LogP contribution >= 0.6 is 25.3 Å². The van der Waals surface area contributed by atoms with Crippen molar-refractivity contribution in [3.8, 4) is 0 Å². The minimum Gasteiger partial charge on any atom is -0.340 e. The lowest BCUT2D eigenvalue weighted by Gasteiger charge is -2.35. The van der Waals surface area contributed by atoms with Crippen LogP contribution in [0.5, 0.6) is 0 Å². The van der Waals surface area contributed by atoms with Gasteiger partial charge < -0.3 is 4.74 Å². The summed E-state index contributed by atoms with van der Waals surface area (Å²) in [6.45, 7) is 11.7. The van der Waals surface area contributed by atoms with E-state index in [1.807, 2.05) is 0 Å². The molecule has 0 aliphatic rings. The standard InChI is InChI=1S/C12H22OS2/c1-5-9-11(14,7-3)13-12(15,8-4)10-6-2/h7-8,14-15H,3-6,9-10H2,1-2H3. The zero-order valence-corrected chi connectivity index (χ0v) is 11.5. The van der Waals surface area contributed by atoms with E-state index in [0.29, 0.717) is 0 Å². The Bertz CT molecular complexity index is 196. The predicted octanol–water partition coefficient (Wildman–Crippen LogP) is 4.23. The number of hydrogen-bond donors (Lipinski definition) is 2. The van der Waals surface area contributed by atoms with E-state index in [2.05, 4.69) is 52.3 Å². The van der Waals surface area contributed by atoms with Crippen LogP contribution in [0.4, 0.5) is 0 Å². The lowest BCUT2D eigenvalue weighted by molar-refractivity contribution is -0.00982. The molecule has 0 aliphatic carbocycles. The summed E-state index contributed by atoms with van der Waals surface area (Å²) in [5.41, 5.74) is 0. The van der Waals surface area contributed by atoms with E-state index in [1.165, 1.54) is 0 Å². The number of hydrogen-bond acceptors (Lipinski definition) is 3. The van der Waals surface area contributed by atoms with Crippen molar-refractivity contribution in [1.29, 1.82) is 0 Å². The fraction of sp³-hybridized carbons (Fsp3) is 0.667. The second kappa shape index (κ2) is 6.66. The molecule has 0 rings (SSSR count). The third-order valence-corrected chi connectivity index (χ3v) is 3.20. The first-order chi connectivity index (χ1) is 6.95. The van der Waals surface area contributed by atoms with E-state index in [4.69, 9.17) is 4.74 Å². The first kappa shape index (κ1) is 15.1. The Morgan fingerprint density at radius 1 is 1.00 bits per heavy atom. The number of rotatable bonds is 8. The van der Waals surface area contributed by atoms with Gasteiger partial charge in [-0.2, -0.15) is 0 Å². The summed E-state index contributed by atoms with van der Waals surface area (Å²) in [7, 11) is 0. The van der Waals surface area contributed by atoms with E-state index in [1.54, 1.807) is 12.2 Å². The normalized spacial score (nSPS) is 18.9. The molecule has 0 radical (unpaired) electrons. The van der Waals surface area contributed by atoms with Gasteiger partial charge in [0.1, 0.15) is 9.87 Å². The molecule has 15 heavy (non-hydrogen) atoms. The summed E-state index contributed by atoms with van der Waals surface area (Å²) in [5, 5.41) is 0. The van der Waals surface area contributed by atoms with Gasteiger partial charge in [-0.15, -0.1) is 25.3 Å². The highest BCUT2D eigenvalue weighted by atomic mass is 32.1. The first-order valence-electron chi connectivity index (χ1n) is 5.37. The third kappa shape index (κ3) is 5.14. The highest BCUT2D eigenvalue weighted by molar-refractivity contribution is 7.82. The Balaban J connectivity index is 4.61. The second-order valence-corrected chi connectivity index (χ2v) is 5.21. The van der Waals surface area contributed by atoms with Crippen molar-refractivity contribution in [2.24, 2.45) is 0 Å². The maximum atomic E-state index is 5.90. The van der Waals surface area contributed by atoms with Gasteiger partial charge >= 0.3 is 0 Å². The van der Waals surface area contributed by atoms with Gasteiger partial charge in [0.05, 0.1) is 0 Å². The highest BCUT2D eigenvalue weighted by Gasteiger charge is 2.32. The molecular formula is C12H22OS2. The summed E-state index contributed by atoms with van der Waals surface area (Å²) in [6.07, 6.45) is 7.07. The Labute approximate surface area is 105 Å². The molecule has 0 aliphatic heterocycles. The maximum Gasteiger partial charge on any atom is 0.131 e. The van der Waals surface area contributed by atoms with Gasteiger partial charge in [0.2, 0.25) is 0 Å². The zero-order valence-electron chi connectivity index (χ0n) is 9.70. The topological polar surface area (TPSA) is 9.23 Å². The Kier molecular flexibility index (Phi) is 6.73. The van der Waals surface area contributed by atoms with Crippen molar-refractivity contribution in [2.75, 3.05) is 0 Å². The quantitative estimate of drug-likeness (QED) is 0.370. The molecule has 0 amide bonds. The molecule has 3 heteroatoms. The number of ether oxygens (including phenoxy) is 1. The summed E-state index contributed by atoms with van der Waals surface area (Å²) in [5.74, 6) is 0. The third-order valence-electron chi connectivity index (χ3n) is 2.21. The van der Waals surface area contributed by atoms with Crippen LogP contribution in [0, 0.1) is 0 Å².